The Labute approximate surface area is 156 Å². The molecule has 2 aromatic rings. The van der Waals surface area contributed by atoms with Crippen LogP contribution in [0.4, 0.5) is 5.13 Å². The van der Waals surface area contributed by atoms with Crippen LogP contribution in [0.25, 0.3) is 0 Å². The van der Waals surface area contributed by atoms with Gasteiger partial charge in [0.25, 0.3) is 0 Å². The van der Waals surface area contributed by atoms with Crippen molar-refractivity contribution >= 4 is 38.2 Å². The SMILES string of the molecule is CCOC(=O)c1sc(NC(=O)Cc2ccc(S(=O)(=O)CC)cc2)nc1C. The van der Waals surface area contributed by atoms with Crippen molar-refractivity contribution in [2.24, 2.45) is 0 Å². The second-order valence-corrected chi connectivity index (χ2v) is 8.70. The number of amides is 1. The number of nitrogens with one attached hydrogen (secondary N) is 1. The molecular formula is C17H20N2O5S2. The predicted octanol–water partition coefficient (Wildman–Crippen LogP) is 2.60. The van der Waals surface area contributed by atoms with Gasteiger partial charge in [-0.25, -0.2) is 18.2 Å². The van der Waals surface area contributed by atoms with Gasteiger partial charge in [-0.3, -0.25) is 4.79 Å². The minimum Gasteiger partial charge on any atom is -0.462 e. The zero-order valence-electron chi connectivity index (χ0n) is 14.7. The van der Waals surface area contributed by atoms with Crippen LogP contribution in [0.15, 0.2) is 29.2 Å². The third kappa shape index (κ3) is 4.89. The van der Waals surface area contributed by atoms with Crippen LogP contribution in [0.3, 0.4) is 0 Å². The second kappa shape index (κ2) is 8.41. The molecule has 26 heavy (non-hydrogen) atoms. The number of carbonyl (C=O) groups excluding carboxylic acids is 2. The lowest BCUT2D eigenvalue weighted by Gasteiger charge is -2.04. The molecule has 9 heteroatoms. The summed E-state index contributed by atoms with van der Waals surface area (Å²) in [5.74, 6) is -0.741. The molecule has 140 valence electrons. The fraction of sp³-hybridized carbons (Fsp3) is 0.353. The number of esters is 1. The molecule has 0 saturated carbocycles. The van der Waals surface area contributed by atoms with E-state index in [0.29, 0.717) is 21.3 Å². The largest absolute Gasteiger partial charge is 0.462 e. The van der Waals surface area contributed by atoms with E-state index in [9.17, 15) is 18.0 Å². The van der Waals surface area contributed by atoms with Gasteiger partial charge < -0.3 is 10.1 Å². The fourth-order valence-corrected chi connectivity index (χ4v) is 3.93. The van der Waals surface area contributed by atoms with E-state index in [1.807, 2.05) is 0 Å². The summed E-state index contributed by atoms with van der Waals surface area (Å²) < 4.78 is 28.5. The van der Waals surface area contributed by atoms with Crippen molar-refractivity contribution in [1.29, 1.82) is 0 Å². The molecule has 1 amide bonds. The van der Waals surface area contributed by atoms with Gasteiger partial charge in [0.2, 0.25) is 5.91 Å². The van der Waals surface area contributed by atoms with Crippen LogP contribution in [0, 0.1) is 6.92 Å². The summed E-state index contributed by atoms with van der Waals surface area (Å²) in [5.41, 5.74) is 1.18. The number of nitrogens with zero attached hydrogens (tertiary/aromatic N) is 1. The normalized spacial score (nSPS) is 11.2. The van der Waals surface area contributed by atoms with E-state index in [-0.39, 0.29) is 29.6 Å². The van der Waals surface area contributed by atoms with Crippen molar-refractivity contribution in [2.45, 2.75) is 32.1 Å². The van der Waals surface area contributed by atoms with Crippen LogP contribution in [-0.2, 0) is 25.8 Å². The van der Waals surface area contributed by atoms with Gasteiger partial charge in [-0.05, 0) is 31.5 Å². The van der Waals surface area contributed by atoms with E-state index in [1.165, 1.54) is 12.1 Å². The third-order valence-electron chi connectivity index (χ3n) is 3.53. The number of hydrogen-bond donors (Lipinski definition) is 1. The topological polar surface area (TPSA) is 102 Å². The summed E-state index contributed by atoms with van der Waals surface area (Å²) in [7, 11) is -3.26. The van der Waals surface area contributed by atoms with Gasteiger partial charge in [-0.1, -0.05) is 30.4 Å². The predicted molar refractivity (Wildman–Crippen MR) is 99.3 cm³/mol. The molecule has 0 radical (unpaired) electrons. The van der Waals surface area contributed by atoms with Crippen LogP contribution in [-0.4, -0.2) is 37.6 Å². The van der Waals surface area contributed by atoms with Crippen LogP contribution in [0.2, 0.25) is 0 Å². The summed E-state index contributed by atoms with van der Waals surface area (Å²) in [4.78, 5) is 28.7. The van der Waals surface area contributed by atoms with Gasteiger partial charge in [0.1, 0.15) is 4.88 Å². The summed E-state index contributed by atoms with van der Waals surface area (Å²) in [6, 6.07) is 6.21. The summed E-state index contributed by atoms with van der Waals surface area (Å²) in [6.45, 7) is 5.23. The Morgan fingerprint density at radius 3 is 2.42 bits per heavy atom. The first-order chi connectivity index (χ1) is 12.3. The molecule has 1 heterocycles. The number of thiazole rings is 1. The van der Waals surface area contributed by atoms with Crippen LogP contribution in [0.5, 0.6) is 0 Å². The molecule has 0 saturated heterocycles. The summed E-state index contributed by atoms with van der Waals surface area (Å²) >= 11 is 1.06. The van der Waals surface area contributed by atoms with E-state index in [2.05, 4.69) is 10.3 Å². The maximum atomic E-state index is 12.2. The van der Waals surface area contributed by atoms with Crippen molar-refractivity contribution in [3.05, 3.63) is 40.4 Å². The van der Waals surface area contributed by atoms with Gasteiger partial charge in [-0.2, -0.15) is 0 Å². The lowest BCUT2D eigenvalue weighted by atomic mass is 10.1. The van der Waals surface area contributed by atoms with Gasteiger partial charge in [0.15, 0.2) is 15.0 Å². The minimum atomic E-state index is -3.26. The number of rotatable bonds is 7. The highest BCUT2D eigenvalue weighted by Crippen LogP contribution is 2.23. The third-order valence-corrected chi connectivity index (χ3v) is 6.33. The average Bonchev–Trinajstić information content (AvgIpc) is 2.95. The highest BCUT2D eigenvalue weighted by Gasteiger charge is 2.18. The maximum Gasteiger partial charge on any atom is 0.350 e. The molecule has 0 unspecified atom stereocenters. The molecule has 0 bridgehead atoms. The Morgan fingerprint density at radius 2 is 1.85 bits per heavy atom. The second-order valence-electron chi connectivity index (χ2n) is 5.43. The Kier molecular flexibility index (Phi) is 6.49. The zero-order valence-corrected chi connectivity index (χ0v) is 16.4. The molecule has 7 nitrogen and oxygen atoms in total. The van der Waals surface area contributed by atoms with Crippen molar-refractivity contribution in [3.8, 4) is 0 Å². The molecule has 0 aliphatic heterocycles. The molecule has 0 aliphatic carbocycles. The van der Waals surface area contributed by atoms with Gasteiger partial charge in [-0.15, -0.1) is 0 Å². The van der Waals surface area contributed by atoms with E-state index >= 15 is 0 Å². The number of aromatic nitrogens is 1. The van der Waals surface area contributed by atoms with E-state index < -0.39 is 15.8 Å². The first-order valence-electron chi connectivity index (χ1n) is 8.03. The molecule has 0 atom stereocenters. The number of aryl methyl sites for hydroxylation is 1. The first-order valence-corrected chi connectivity index (χ1v) is 10.5. The first kappa shape index (κ1) is 20.1. The van der Waals surface area contributed by atoms with Gasteiger partial charge in [0, 0.05) is 0 Å². The van der Waals surface area contributed by atoms with E-state index in [1.54, 1.807) is 32.9 Å². The quantitative estimate of drug-likeness (QED) is 0.722. The van der Waals surface area contributed by atoms with Crippen LogP contribution < -0.4 is 5.32 Å². The Morgan fingerprint density at radius 1 is 1.19 bits per heavy atom. The van der Waals surface area contributed by atoms with Crippen LogP contribution >= 0.6 is 11.3 Å². The Bertz CT molecular complexity index is 902. The maximum absolute atomic E-state index is 12.2. The summed E-state index contributed by atoms with van der Waals surface area (Å²) in [5, 5.41) is 2.97. The van der Waals surface area contributed by atoms with E-state index in [4.69, 9.17) is 4.74 Å². The van der Waals surface area contributed by atoms with Crippen molar-refractivity contribution < 1.29 is 22.7 Å². The molecule has 1 aromatic carbocycles. The molecule has 0 fully saturated rings. The van der Waals surface area contributed by atoms with Crippen molar-refractivity contribution in [2.75, 3.05) is 17.7 Å². The highest BCUT2D eigenvalue weighted by atomic mass is 32.2. The van der Waals surface area contributed by atoms with Crippen molar-refractivity contribution in [1.82, 2.24) is 4.98 Å². The van der Waals surface area contributed by atoms with Crippen molar-refractivity contribution in [3.63, 3.8) is 0 Å². The molecular weight excluding hydrogens is 376 g/mol. The van der Waals surface area contributed by atoms with E-state index in [0.717, 1.165) is 11.3 Å². The highest BCUT2D eigenvalue weighted by molar-refractivity contribution is 7.91. The number of carbonyl (C=O) groups is 2. The van der Waals surface area contributed by atoms with Gasteiger partial charge in [0.05, 0.1) is 29.4 Å². The molecule has 0 aliphatic rings. The van der Waals surface area contributed by atoms with Crippen LogP contribution in [0.1, 0.15) is 34.8 Å². The number of anilines is 1. The monoisotopic (exact) mass is 396 g/mol. The molecule has 1 N–H and O–H groups in total. The Balaban J connectivity index is 2.03. The summed E-state index contributed by atoms with van der Waals surface area (Å²) in [6.07, 6.45) is 0.0693. The lowest BCUT2D eigenvalue weighted by Crippen LogP contribution is -2.14. The molecule has 2 rings (SSSR count). The lowest BCUT2D eigenvalue weighted by molar-refractivity contribution is -0.115. The number of sulfone groups is 1. The Hall–Kier alpha value is -2.26. The number of ether oxygens (including phenoxy) is 1. The average molecular weight is 396 g/mol. The molecule has 1 aromatic heterocycles. The molecule has 0 spiro atoms. The number of benzene rings is 1. The van der Waals surface area contributed by atoms with Gasteiger partial charge >= 0.3 is 5.97 Å². The fourth-order valence-electron chi connectivity index (χ4n) is 2.17. The number of hydrogen-bond acceptors (Lipinski definition) is 7. The minimum absolute atomic E-state index is 0.0268. The smallest absolute Gasteiger partial charge is 0.350 e. The standard InChI is InChI=1S/C17H20N2O5S2/c1-4-24-16(21)15-11(3)18-17(25-15)19-14(20)10-12-6-8-13(9-7-12)26(22,23)5-2/h6-9H,4-5,10H2,1-3H3,(H,18,19,20). The zero-order chi connectivity index (χ0) is 19.3.